The van der Waals surface area contributed by atoms with Crippen molar-refractivity contribution in [3.05, 3.63) is 34.4 Å². The van der Waals surface area contributed by atoms with E-state index in [1.54, 1.807) is 0 Å². The minimum Gasteiger partial charge on any atom is -0.449 e. The third kappa shape index (κ3) is 3.12. The van der Waals surface area contributed by atoms with Crippen molar-refractivity contribution in [2.45, 2.75) is 30.8 Å². The molecule has 3 aliphatic rings. The van der Waals surface area contributed by atoms with Crippen molar-refractivity contribution in [2.75, 3.05) is 31.1 Å². The fourth-order valence-electron chi connectivity index (χ4n) is 4.25. The first-order chi connectivity index (χ1) is 13.9. The number of carbonyl (C=O) groups is 1. The molecule has 2 aliphatic heterocycles. The van der Waals surface area contributed by atoms with Crippen LogP contribution in [0.2, 0.25) is 0 Å². The van der Waals surface area contributed by atoms with Crippen molar-refractivity contribution in [1.29, 1.82) is 0 Å². The van der Waals surface area contributed by atoms with Gasteiger partial charge in [-0.1, -0.05) is 0 Å². The van der Waals surface area contributed by atoms with Crippen LogP contribution in [0.4, 0.5) is 19.3 Å². The summed E-state index contributed by atoms with van der Waals surface area (Å²) >= 11 is 0. The van der Waals surface area contributed by atoms with Crippen molar-refractivity contribution < 1.29 is 28.2 Å². The zero-order valence-corrected chi connectivity index (χ0v) is 15.3. The highest BCUT2D eigenvalue weighted by molar-refractivity contribution is 5.85. The lowest BCUT2D eigenvalue weighted by atomic mass is 10.1. The summed E-state index contributed by atoms with van der Waals surface area (Å²) in [5.41, 5.74) is -0.105. The minimum atomic E-state index is -1.66. The first-order valence-electron chi connectivity index (χ1n) is 9.45. The Hall–Kier alpha value is -2.72. The van der Waals surface area contributed by atoms with Crippen molar-refractivity contribution >= 4 is 22.7 Å². The number of benzene rings is 1. The molecule has 1 aromatic heterocycles. The Morgan fingerprint density at radius 1 is 1.34 bits per heavy atom. The molecule has 8 nitrogen and oxygen atoms in total. The Balaban J connectivity index is 1.62. The molecule has 1 aromatic carbocycles. The van der Waals surface area contributed by atoms with Crippen LogP contribution in [0.1, 0.15) is 12.5 Å². The fraction of sp³-hybridized carbons (Fsp3) is 0.474. The Labute approximate surface area is 163 Å². The molecule has 3 heterocycles. The number of rotatable bonds is 3. The van der Waals surface area contributed by atoms with E-state index in [0.29, 0.717) is 30.9 Å². The second kappa shape index (κ2) is 6.67. The fourth-order valence-corrected chi connectivity index (χ4v) is 4.25. The standard InChI is InChI=1S/C19H19F2N3O5/c20-10-3-9-13(5-14(10)23-6-12-16(7-23)28-2-1-22-12)24(15-4-11(15)21)8-17(18(9)25)29-19(26)27/h3,5,8,11-12,15-16,22H,1-2,4,6-7H2,(H,26,27)/t11-,12-,15+,16+/m0/s1. The molecule has 5 rings (SSSR count). The normalized spacial score (nSPS) is 28.4. The molecule has 0 radical (unpaired) electrons. The van der Waals surface area contributed by atoms with E-state index in [1.165, 1.54) is 16.8 Å². The maximum atomic E-state index is 15.0. The zero-order valence-electron chi connectivity index (χ0n) is 15.3. The molecule has 3 fully saturated rings. The second-order valence-electron chi connectivity index (χ2n) is 7.61. The molecule has 2 aromatic rings. The highest BCUT2D eigenvalue weighted by atomic mass is 19.1. The topological polar surface area (TPSA) is 93.0 Å². The zero-order chi connectivity index (χ0) is 20.3. The summed E-state index contributed by atoms with van der Waals surface area (Å²) in [4.78, 5) is 25.4. The molecule has 2 saturated heterocycles. The number of pyridine rings is 1. The number of halogens is 2. The van der Waals surface area contributed by atoms with E-state index in [0.717, 1.165) is 12.6 Å². The average Bonchev–Trinajstić information content (AvgIpc) is 3.24. The van der Waals surface area contributed by atoms with E-state index in [1.807, 2.05) is 4.90 Å². The Morgan fingerprint density at radius 3 is 2.83 bits per heavy atom. The van der Waals surface area contributed by atoms with Gasteiger partial charge in [-0.2, -0.15) is 0 Å². The van der Waals surface area contributed by atoms with Crippen molar-refractivity contribution in [1.82, 2.24) is 9.88 Å². The van der Waals surface area contributed by atoms with Gasteiger partial charge in [0.1, 0.15) is 12.0 Å². The average molecular weight is 407 g/mol. The van der Waals surface area contributed by atoms with E-state index in [9.17, 15) is 18.4 Å². The van der Waals surface area contributed by atoms with Gasteiger partial charge in [-0.3, -0.25) is 4.79 Å². The number of hydrogen-bond acceptors (Lipinski definition) is 6. The van der Waals surface area contributed by atoms with Crippen LogP contribution in [-0.4, -0.2) is 60.4 Å². The van der Waals surface area contributed by atoms with Crippen LogP contribution in [0.25, 0.3) is 10.9 Å². The Kier molecular flexibility index (Phi) is 4.21. The number of anilines is 1. The molecule has 154 valence electrons. The van der Waals surface area contributed by atoms with Gasteiger partial charge in [-0.25, -0.2) is 13.6 Å². The summed E-state index contributed by atoms with van der Waals surface area (Å²) in [7, 11) is 0. The molecule has 1 aliphatic carbocycles. The highest BCUT2D eigenvalue weighted by Crippen LogP contribution is 2.42. The Morgan fingerprint density at radius 2 is 2.14 bits per heavy atom. The summed E-state index contributed by atoms with van der Waals surface area (Å²) in [6.45, 7) is 2.38. The predicted molar refractivity (Wildman–Crippen MR) is 99.1 cm³/mol. The van der Waals surface area contributed by atoms with Gasteiger partial charge in [-0.15, -0.1) is 0 Å². The first-order valence-corrected chi connectivity index (χ1v) is 9.45. The van der Waals surface area contributed by atoms with Crippen molar-refractivity contribution in [3.63, 3.8) is 0 Å². The number of morpholine rings is 1. The first kappa shape index (κ1) is 18.3. The van der Waals surface area contributed by atoms with Gasteiger partial charge in [0.2, 0.25) is 5.43 Å². The van der Waals surface area contributed by atoms with Crippen LogP contribution in [0, 0.1) is 5.82 Å². The number of carboxylic acid groups (broad SMARTS) is 1. The molecule has 0 unspecified atom stereocenters. The van der Waals surface area contributed by atoms with Gasteiger partial charge in [0.15, 0.2) is 5.75 Å². The minimum absolute atomic E-state index is 0.0462. The van der Waals surface area contributed by atoms with E-state index >= 15 is 0 Å². The molecule has 10 heteroatoms. The van der Waals surface area contributed by atoms with E-state index < -0.39 is 35.4 Å². The van der Waals surface area contributed by atoms with Gasteiger partial charge in [0, 0.05) is 26.1 Å². The molecular formula is C19H19F2N3O5. The number of hydrogen-bond donors (Lipinski definition) is 2. The summed E-state index contributed by atoms with van der Waals surface area (Å²) in [5, 5.41) is 12.2. The second-order valence-corrected chi connectivity index (χ2v) is 7.61. The molecule has 4 atom stereocenters. The molecule has 0 amide bonds. The SMILES string of the molecule is O=C(O)Oc1cn([C@@H]2C[C@@H]2F)c2cc(N3C[C@@H]4NCCO[C@@H]4C3)c(F)cc2c1=O. The van der Waals surface area contributed by atoms with Crippen LogP contribution < -0.4 is 20.4 Å². The molecule has 0 bridgehead atoms. The van der Waals surface area contributed by atoms with Crippen molar-refractivity contribution in [3.8, 4) is 5.75 Å². The van der Waals surface area contributed by atoms with Crippen molar-refractivity contribution in [2.24, 2.45) is 0 Å². The quantitative estimate of drug-likeness (QED) is 0.748. The monoisotopic (exact) mass is 407 g/mol. The van der Waals surface area contributed by atoms with Crippen LogP contribution in [0.3, 0.4) is 0 Å². The summed E-state index contributed by atoms with van der Waals surface area (Å²) in [6.07, 6.45) is -1.39. The predicted octanol–water partition coefficient (Wildman–Crippen LogP) is 1.66. The smallest absolute Gasteiger partial charge is 0.449 e. The van der Waals surface area contributed by atoms with Crippen LogP contribution >= 0.6 is 0 Å². The van der Waals surface area contributed by atoms with E-state index in [-0.39, 0.29) is 24.0 Å². The Bertz CT molecular complexity index is 1040. The lowest BCUT2D eigenvalue weighted by Crippen LogP contribution is -2.47. The number of alkyl halides is 1. The number of fused-ring (bicyclic) bond motifs is 2. The van der Waals surface area contributed by atoms with Crippen LogP contribution in [0.15, 0.2) is 23.1 Å². The number of nitrogens with zero attached hydrogens (tertiary/aromatic N) is 2. The number of nitrogens with one attached hydrogen (secondary N) is 1. The number of aromatic nitrogens is 1. The van der Waals surface area contributed by atoms with E-state index in [2.05, 4.69) is 10.1 Å². The highest BCUT2D eigenvalue weighted by Gasteiger charge is 2.41. The summed E-state index contributed by atoms with van der Waals surface area (Å²) in [5.74, 6) is -1.08. The van der Waals surface area contributed by atoms with E-state index in [4.69, 9.17) is 9.84 Å². The lowest BCUT2D eigenvalue weighted by molar-refractivity contribution is 0.0212. The largest absolute Gasteiger partial charge is 0.511 e. The molecule has 0 spiro atoms. The van der Waals surface area contributed by atoms with Crippen LogP contribution in [0.5, 0.6) is 5.75 Å². The number of ether oxygens (including phenoxy) is 2. The van der Waals surface area contributed by atoms with Gasteiger partial charge in [0.25, 0.3) is 0 Å². The van der Waals surface area contributed by atoms with Gasteiger partial charge in [0.05, 0.1) is 47.6 Å². The maximum Gasteiger partial charge on any atom is 0.511 e. The van der Waals surface area contributed by atoms with Gasteiger partial charge < -0.3 is 29.4 Å². The lowest BCUT2D eigenvalue weighted by Gasteiger charge is -2.25. The molecule has 2 N–H and O–H groups in total. The maximum absolute atomic E-state index is 15.0. The third-order valence-corrected chi connectivity index (χ3v) is 5.75. The van der Waals surface area contributed by atoms with Crippen LogP contribution in [-0.2, 0) is 4.74 Å². The molecule has 1 saturated carbocycles. The summed E-state index contributed by atoms with van der Waals surface area (Å²) < 4.78 is 40.5. The molecule has 29 heavy (non-hydrogen) atoms. The van der Waals surface area contributed by atoms with Gasteiger partial charge >= 0.3 is 6.16 Å². The third-order valence-electron chi connectivity index (χ3n) is 5.75. The molecular weight excluding hydrogens is 388 g/mol. The summed E-state index contributed by atoms with van der Waals surface area (Å²) in [6, 6.07) is 2.15. The van der Waals surface area contributed by atoms with Gasteiger partial charge in [-0.05, 0) is 12.1 Å².